The first-order chi connectivity index (χ1) is 18.1. The monoisotopic (exact) mass is 523 g/mol. The van der Waals surface area contributed by atoms with E-state index in [1.54, 1.807) is 38.3 Å². The lowest BCUT2D eigenvalue weighted by Crippen LogP contribution is -2.42. The number of amides is 3. The quantitative estimate of drug-likeness (QED) is 0.192. The highest BCUT2D eigenvalue weighted by atomic mass is 19.1. The Hall–Kier alpha value is -4.67. The predicted molar refractivity (Wildman–Crippen MR) is 137 cm³/mol. The van der Waals surface area contributed by atoms with Crippen LogP contribution in [0.5, 0.6) is 0 Å². The lowest BCUT2D eigenvalue weighted by atomic mass is 9.97. The van der Waals surface area contributed by atoms with Gasteiger partial charge in [0.25, 0.3) is 0 Å². The van der Waals surface area contributed by atoms with Crippen molar-refractivity contribution in [3.63, 3.8) is 0 Å². The van der Waals surface area contributed by atoms with Gasteiger partial charge in [0.1, 0.15) is 23.0 Å². The van der Waals surface area contributed by atoms with Gasteiger partial charge in [-0.1, -0.05) is 12.1 Å². The third-order valence-electron chi connectivity index (χ3n) is 6.44. The summed E-state index contributed by atoms with van der Waals surface area (Å²) in [6, 6.07) is 5.82. The molecule has 0 bridgehead atoms. The summed E-state index contributed by atoms with van der Waals surface area (Å²) < 4.78 is 24.8. The summed E-state index contributed by atoms with van der Waals surface area (Å²) in [7, 11) is 0. The van der Waals surface area contributed by atoms with Gasteiger partial charge in [-0.3, -0.25) is 4.79 Å². The average molecular weight is 524 g/mol. The maximum Gasteiger partial charge on any atom is 0.340 e. The van der Waals surface area contributed by atoms with Crippen molar-refractivity contribution in [3.05, 3.63) is 69.5 Å². The molecule has 10 nitrogen and oxygen atoms in total. The fraction of sp³-hybridized carbons (Fsp3) is 0.259. The Kier molecular flexibility index (Phi) is 7.47. The molecule has 4 aromatic rings. The number of carbonyl (C=O) groups is 3. The zero-order valence-corrected chi connectivity index (χ0v) is 20.7. The second-order valence-electron chi connectivity index (χ2n) is 8.97. The molecule has 0 saturated carbocycles. The molecule has 2 aromatic heterocycles. The molecule has 11 heteroatoms. The smallest absolute Gasteiger partial charge is 0.340 e. The molecule has 0 saturated heterocycles. The molecular weight excluding hydrogens is 497 g/mol. The molecule has 5 N–H and O–H groups in total. The highest BCUT2D eigenvalue weighted by Crippen LogP contribution is 2.37. The van der Waals surface area contributed by atoms with Crippen LogP contribution >= 0.6 is 0 Å². The van der Waals surface area contributed by atoms with Gasteiger partial charge in [-0.15, -0.1) is 0 Å². The van der Waals surface area contributed by atoms with Crippen LogP contribution in [0.1, 0.15) is 29.5 Å². The van der Waals surface area contributed by atoms with Crippen molar-refractivity contribution < 1.29 is 32.7 Å². The van der Waals surface area contributed by atoms with Gasteiger partial charge in [-0.25, -0.2) is 18.8 Å². The van der Waals surface area contributed by atoms with Crippen LogP contribution in [0.15, 0.2) is 50.2 Å². The number of fused-ring (bicyclic) bond motifs is 2. The van der Waals surface area contributed by atoms with Gasteiger partial charge in [-0.05, 0) is 56.0 Å². The van der Waals surface area contributed by atoms with Gasteiger partial charge < -0.3 is 30.3 Å². The predicted octanol–water partition coefficient (Wildman–Crippen LogP) is 3.52. The van der Waals surface area contributed by atoms with Crippen LogP contribution < -0.4 is 22.0 Å². The molecule has 2 heterocycles. The largest absolute Gasteiger partial charge is 0.480 e. The number of nitrogens with one attached hydrogen (secondary N) is 2. The molecule has 4 rings (SSSR count). The van der Waals surface area contributed by atoms with Crippen molar-refractivity contribution in [2.45, 2.75) is 39.2 Å². The Bertz CT molecular complexity index is 1610. The van der Waals surface area contributed by atoms with Gasteiger partial charge in [0.05, 0.1) is 18.2 Å². The van der Waals surface area contributed by atoms with E-state index in [2.05, 4.69) is 10.6 Å². The van der Waals surface area contributed by atoms with Crippen molar-refractivity contribution in [3.8, 4) is 11.1 Å². The third-order valence-corrected chi connectivity index (χ3v) is 6.44. The second kappa shape index (κ2) is 10.8. The van der Waals surface area contributed by atoms with Crippen molar-refractivity contribution >= 4 is 39.8 Å². The number of hydrogen-bond acceptors (Lipinski definition) is 6. The van der Waals surface area contributed by atoms with E-state index < -0.39 is 29.6 Å². The lowest BCUT2D eigenvalue weighted by Gasteiger charge is -2.15. The van der Waals surface area contributed by atoms with Crippen LogP contribution in [0.3, 0.4) is 0 Å². The van der Waals surface area contributed by atoms with Crippen LogP contribution in [0.2, 0.25) is 0 Å². The molecule has 0 aliphatic heterocycles. The Balaban J connectivity index is 1.65. The van der Waals surface area contributed by atoms with E-state index in [0.717, 1.165) is 16.5 Å². The summed E-state index contributed by atoms with van der Waals surface area (Å²) in [4.78, 5) is 47.9. The molecule has 198 valence electrons. The summed E-state index contributed by atoms with van der Waals surface area (Å²) in [5.74, 6) is -2.27. The van der Waals surface area contributed by atoms with E-state index in [9.17, 15) is 28.7 Å². The number of aliphatic carboxylic acids is 1. The number of halogens is 1. The normalized spacial score (nSPS) is 12.0. The molecule has 2 aromatic carbocycles. The van der Waals surface area contributed by atoms with Crippen LogP contribution in [-0.2, 0) is 16.0 Å². The maximum atomic E-state index is 13.4. The van der Waals surface area contributed by atoms with E-state index in [1.165, 1.54) is 12.1 Å². The minimum atomic E-state index is -1.24. The molecule has 0 fully saturated rings. The Morgan fingerprint density at radius 1 is 1.08 bits per heavy atom. The molecule has 0 unspecified atom stereocenters. The van der Waals surface area contributed by atoms with Crippen LogP contribution in [0, 0.1) is 19.7 Å². The summed E-state index contributed by atoms with van der Waals surface area (Å²) in [5.41, 5.74) is 7.78. The summed E-state index contributed by atoms with van der Waals surface area (Å²) in [5, 5.41) is 15.5. The van der Waals surface area contributed by atoms with Gasteiger partial charge >= 0.3 is 17.6 Å². The van der Waals surface area contributed by atoms with Crippen LogP contribution in [0.25, 0.3) is 33.1 Å². The maximum absolute atomic E-state index is 13.4. The zero-order chi connectivity index (χ0) is 27.6. The van der Waals surface area contributed by atoms with Gasteiger partial charge in [-0.2, -0.15) is 0 Å². The summed E-state index contributed by atoms with van der Waals surface area (Å²) in [6.45, 7) is 3.60. The van der Waals surface area contributed by atoms with Crippen molar-refractivity contribution in [2.75, 3.05) is 6.54 Å². The van der Waals surface area contributed by atoms with Gasteiger partial charge in [0.2, 0.25) is 5.91 Å². The first kappa shape index (κ1) is 26.4. The number of carbonyl (C=O) groups excluding carboxylic acids is 2. The molecule has 0 aliphatic carbocycles. The van der Waals surface area contributed by atoms with Crippen LogP contribution in [0.4, 0.5) is 9.18 Å². The standard InChI is InChI=1S/C27H26FN3O7/c1-13-17-10-19-20(15-5-7-16(28)8-6-15)12-37-23(19)14(2)24(17)38-26(35)18(13)11-22(32)31-21(25(33)34)4-3-9-30-27(29)36/h5-8,10,12,21H,3-4,9,11H2,1-2H3,(H,31,32)(H,33,34)(H3,29,30,36)/t21-/m0/s1. The first-order valence-corrected chi connectivity index (χ1v) is 11.8. The average Bonchev–Trinajstić information content (AvgIpc) is 3.29. The van der Waals surface area contributed by atoms with Gasteiger partial charge in [0.15, 0.2) is 0 Å². The van der Waals surface area contributed by atoms with Crippen molar-refractivity contribution in [2.24, 2.45) is 5.73 Å². The van der Waals surface area contributed by atoms with E-state index in [1.807, 2.05) is 0 Å². The van der Waals surface area contributed by atoms with Gasteiger partial charge in [0, 0.05) is 28.4 Å². The number of primary amides is 1. The molecule has 1 atom stereocenters. The van der Waals surface area contributed by atoms with Crippen LogP contribution in [-0.4, -0.2) is 35.6 Å². The number of aryl methyl sites for hydroxylation is 2. The number of hydrogen-bond donors (Lipinski definition) is 4. The molecule has 3 amide bonds. The third kappa shape index (κ3) is 5.36. The number of carboxylic acids is 1. The van der Waals surface area contributed by atoms with E-state index in [0.29, 0.717) is 27.7 Å². The summed E-state index contributed by atoms with van der Waals surface area (Å²) in [6.07, 6.45) is 1.49. The van der Waals surface area contributed by atoms with E-state index in [4.69, 9.17) is 14.6 Å². The zero-order valence-electron chi connectivity index (χ0n) is 20.7. The minimum absolute atomic E-state index is 0.0521. The van der Waals surface area contributed by atoms with E-state index >= 15 is 0 Å². The highest BCUT2D eigenvalue weighted by Gasteiger charge is 2.23. The minimum Gasteiger partial charge on any atom is -0.480 e. The summed E-state index contributed by atoms with van der Waals surface area (Å²) >= 11 is 0. The first-order valence-electron chi connectivity index (χ1n) is 11.8. The Morgan fingerprint density at radius 3 is 2.45 bits per heavy atom. The molecule has 0 aliphatic rings. The molecule has 0 spiro atoms. The fourth-order valence-electron chi connectivity index (χ4n) is 4.43. The lowest BCUT2D eigenvalue weighted by molar-refractivity contribution is -0.141. The number of nitrogens with two attached hydrogens (primary N) is 1. The molecular formula is C27H26FN3O7. The number of carboxylic acid groups (broad SMARTS) is 1. The number of furan rings is 1. The van der Waals surface area contributed by atoms with E-state index in [-0.39, 0.29) is 37.2 Å². The topological polar surface area (TPSA) is 165 Å². The molecule has 38 heavy (non-hydrogen) atoms. The van der Waals surface area contributed by atoms with Crippen molar-refractivity contribution in [1.29, 1.82) is 0 Å². The number of urea groups is 1. The number of benzene rings is 2. The molecule has 0 radical (unpaired) electrons. The number of rotatable bonds is 9. The fourth-order valence-corrected chi connectivity index (χ4v) is 4.43. The van der Waals surface area contributed by atoms with Crippen molar-refractivity contribution in [1.82, 2.24) is 10.6 Å². The highest BCUT2D eigenvalue weighted by molar-refractivity contribution is 6.05. The Morgan fingerprint density at radius 2 is 1.79 bits per heavy atom. The SMILES string of the molecule is Cc1c(CC(=O)N[C@@H](CCCNC(N)=O)C(=O)O)c(=O)oc2c(C)c3occ(-c4ccc(F)cc4)c3cc12. The second-order valence-corrected chi connectivity index (χ2v) is 8.97. The Labute approximate surface area is 215 Å².